The molecule has 2 aromatic rings. The summed E-state index contributed by atoms with van der Waals surface area (Å²) in [5, 5.41) is 2.96. The van der Waals surface area contributed by atoms with E-state index < -0.39 is 0 Å². The van der Waals surface area contributed by atoms with E-state index in [0.29, 0.717) is 6.54 Å². The molecular formula is C16H20N2OS. The summed E-state index contributed by atoms with van der Waals surface area (Å²) in [5.74, 6) is 0.0135. The zero-order valence-corrected chi connectivity index (χ0v) is 13.0. The van der Waals surface area contributed by atoms with E-state index in [2.05, 4.69) is 31.1 Å². The van der Waals surface area contributed by atoms with Gasteiger partial charge in [0.05, 0.1) is 4.88 Å². The van der Waals surface area contributed by atoms with Crippen LogP contribution in [-0.2, 0) is 11.8 Å². The second-order valence-corrected chi connectivity index (χ2v) is 6.86. The summed E-state index contributed by atoms with van der Waals surface area (Å²) in [5.41, 5.74) is 1.28. The third-order valence-electron chi connectivity index (χ3n) is 3.02. The van der Waals surface area contributed by atoms with Gasteiger partial charge in [-0.2, -0.15) is 0 Å². The Kier molecular flexibility index (Phi) is 4.55. The lowest BCUT2D eigenvalue weighted by molar-refractivity contribution is 0.0958. The van der Waals surface area contributed by atoms with Crippen molar-refractivity contribution in [3.05, 3.63) is 52.0 Å². The van der Waals surface area contributed by atoms with Crippen LogP contribution in [0.1, 0.15) is 40.9 Å². The van der Waals surface area contributed by atoms with Crippen molar-refractivity contribution in [1.82, 2.24) is 10.3 Å². The van der Waals surface area contributed by atoms with Gasteiger partial charge in [-0.3, -0.25) is 9.78 Å². The molecule has 1 amide bonds. The summed E-state index contributed by atoms with van der Waals surface area (Å²) >= 11 is 1.57. The molecule has 0 spiro atoms. The Morgan fingerprint density at radius 3 is 2.50 bits per heavy atom. The minimum absolute atomic E-state index is 0.0135. The van der Waals surface area contributed by atoms with Gasteiger partial charge in [0, 0.05) is 23.8 Å². The van der Waals surface area contributed by atoms with Crippen LogP contribution in [0.5, 0.6) is 0 Å². The molecule has 0 radical (unpaired) electrons. The molecule has 0 atom stereocenters. The second kappa shape index (κ2) is 6.18. The highest BCUT2D eigenvalue weighted by atomic mass is 32.1. The molecule has 0 unspecified atom stereocenters. The number of carbonyl (C=O) groups is 1. The average molecular weight is 288 g/mol. The van der Waals surface area contributed by atoms with Gasteiger partial charge >= 0.3 is 0 Å². The highest BCUT2D eigenvalue weighted by Crippen LogP contribution is 2.29. The average Bonchev–Trinajstić information content (AvgIpc) is 2.89. The van der Waals surface area contributed by atoms with Crippen LogP contribution in [0.15, 0.2) is 36.7 Å². The standard InChI is InChI=1S/C16H20N2OS/c1-16(2,3)14-5-4-13(20-14)15(19)18-11-8-12-6-9-17-10-7-12/h4-7,9-10H,8,11H2,1-3H3,(H,18,19). The number of hydrogen-bond donors (Lipinski definition) is 1. The molecule has 1 N–H and O–H groups in total. The number of nitrogens with one attached hydrogen (secondary N) is 1. The Balaban J connectivity index is 1.88. The number of carbonyl (C=O) groups excluding carboxylic acids is 1. The maximum absolute atomic E-state index is 12.1. The van der Waals surface area contributed by atoms with Gasteiger partial charge in [-0.15, -0.1) is 11.3 Å². The van der Waals surface area contributed by atoms with Crippen LogP contribution in [-0.4, -0.2) is 17.4 Å². The number of rotatable bonds is 4. The molecule has 2 aromatic heterocycles. The van der Waals surface area contributed by atoms with Gasteiger partial charge in [-0.25, -0.2) is 0 Å². The van der Waals surface area contributed by atoms with Crippen LogP contribution >= 0.6 is 11.3 Å². The monoisotopic (exact) mass is 288 g/mol. The van der Waals surface area contributed by atoms with Crippen molar-refractivity contribution < 1.29 is 4.79 Å². The Morgan fingerprint density at radius 1 is 1.20 bits per heavy atom. The largest absolute Gasteiger partial charge is 0.351 e. The van der Waals surface area contributed by atoms with Crippen molar-refractivity contribution in [3.63, 3.8) is 0 Å². The number of amides is 1. The molecule has 0 saturated carbocycles. The topological polar surface area (TPSA) is 42.0 Å². The van der Waals surface area contributed by atoms with Gasteiger partial charge < -0.3 is 5.32 Å². The fourth-order valence-corrected chi connectivity index (χ4v) is 2.80. The van der Waals surface area contributed by atoms with E-state index in [4.69, 9.17) is 0 Å². The lowest BCUT2D eigenvalue weighted by Crippen LogP contribution is -2.24. The van der Waals surface area contributed by atoms with Crippen molar-refractivity contribution in [2.75, 3.05) is 6.54 Å². The first kappa shape index (κ1) is 14.7. The molecule has 0 aliphatic rings. The van der Waals surface area contributed by atoms with Crippen molar-refractivity contribution >= 4 is 17.2 Å². The molecule has 0 saturated heterocycles. The maximum Gasteiger partial charge on any atom is 0.261 e. The van der Waals surface area contributed by atoms with Crippen LogP contribution in [0.25, 0.3) is 0 Å². The summed E-state index contributed by atoms with van der Waals surface area (Å²) in [6, 6.07) is 7.89. The van der Waals surface area contributed by atoms with Crippen molar-refractivity contribution in [3.8, 4) is 0 Å². The molecule has 2 rings (SSSR count). The zero-order chi connectivity index (χ0) is 14.6. The normalized spacial score (nSPS) is 11.3. The third-order valence-corrected chi connectivity index (χ3v) is 4.53. The first-order valence-corrected chi connectivity index (χ1v) is 7.56. The molecule has 0 aliphatic heterocycles. The van der Waals surface area contributed by atoms with E-state index >= 15 is 0 Å². The van der Waals surface area contributed by atoms with E-state index in [9.17, 15) is 4.79 Å². The molecule has 2 heterocycles. The highest BCUT2D eigenvalue weighted by Gasteiger charge is 2.18. The quantitative estimate of drug-likeness (QED) is 0.936. The SMILES string of the molecule is CC(C)(C)c1ccc(C(=O)NCCc2ccncc2)s1. The summed E-state index contributed by atoms with van der Waals surface area (Å²) < 4.78 is 0. The lowest BCUT2D eigenvalue weighted by atomic mass is 9.95. The van der Waals surface area contributed by atoms with Crippen LogP contribution in [0, 0.1) is 0 Å². The molecule has 0 aliphatic carbocycles. The van der Waals surface area contributed by atoms with E-state index in [-0.39, 0.29) is 11.3 Å². The third kappa shape index (κ3) is 3.90. The first-order valence-electron chi connectivity index (χ1n) is 6.74. The van der Waals surface area contributed by atoms with E-state index in [0.717, 1.165) is 11.3 Å². The smallest absolute Gasteiger partial charge is 0.261 e. The Hall–Kier alpha value is -1.68. The summed E-state index contributed by atoms with van der Waals surface area (Å²) in [6.07, 6.45) is 4.36. The number of pyridine rings is 1. The van der Waals surface area contributed by atoms with Crippen LogP contribution < -0.4 is 5.32 Å². The summed E-state index contributed by atoms with van der Waals surface area (Å²) in [4.78, 5) is 18.1. The molecule has 20 heavy (non-hydrogen) atoms. The zero-order valence-electron chi connectivity index (χ0n) is 12.1. The van der Waals surface area contributed by atoms with Gasteiger partial charge in [0.15, 0.2) is 0 Å². The van der Waals surface area contributed by atoms with Gasteiger partial charge in [0.2, 0.25) is 0 Å². The Morgan fingerprint density at radius 2 is 1.90 bits per heavy atom. The highest BCUT2D eigenvalue weighted by molar-refractivity contribution is 7.14. The maximum atomic E-state index is 12.1. The Bertz CT molecular complexity index is 570. The molecular weight excluding hydrogens is 268 g/mol. The van der Waals surface area contributed by atoms with Gasteiger partial charge in [0.25, 0.3) is 5.91 Å². The molecule has 0 bridgehead atoms. The van der Waals surface area contributed by atoms with E-state index in [1.165, 1.54) is 10.4 Å². The molecule has 106 valence electrons. The summed E-state index contributed by atoms with van der Waals surface area (Å²) in [7, 11) is 0. The van der Waals surface area contributed by atoms with Gasteiger partial charge in [-0.1, -0.05) is 20.8 Å². The minimum Gasteiger partial charge on any atom is -0.351 e. The fraction of sp³-hybridized carbons (Fsp3) is 0.375. The predicted molar refractivity (Wildman–Crippen MR) is 83.3 cm³/mol. The number of thiophene rings is 1. The van der Waals surface area contributed by atoms with Crippen LogP contribution in [0.4, 0.5) is 0 Å². The summed E-state index contributed by atoms with van der Waals surface area (Å²) in [6.45, 7) is 7.11. The fourth-order valence-electron chi connectivity index (χ4n) is 1.82. The van der Waals surface area contributed by atoms with Crippen LogP contribution in [0.2, 0.25) is 0 Å². The van der Waals surface area contributed by atoms with E-state index in [1.54, 1.807) is 23.7 Å². The Labute approximate surface area is 124 Å². The molecule has 0 aromatic carbocycles. The van der Waals surface area contributed by atoms with Crippen molar-refractivity contribution in [2.45, 2.75) is 32.6 Å². The lowest BCUT2D eigenvalue weighted by Gasteiger charge is -2.15. The van der Waals surface area contributed by atoms with Gasteiger partial charge in [-0.05, 0) is 41.7 Å². The molecule has 4 heteroatoms. The van der Waals surface area contributed by atoms with Gasteiger partial charge in [0.1, 0.15) is 0 Å². The minimum atomic E-state index is 0.0135. The molecule has 3 nitrogen and oxygen atoms in total. The van der Waals surface area contributed by atoms with Crippen molar-refractivity contribution in [1.29, 1.82) is 0 Å². The second-order valence-electron chi connectivity index (χ2n) is 5.78. The van der Waals surface area contributed by atoms with E-state index in [1.807, 2.05) is 24.3 Å². The first-order chi connectivity index (χ1) is 9.47. The predicted octanol–water partition coefficient (Wildman–Crippen LogP) is 3.41. The number of aromatic nitrogens is 1. The molecule has 0 fully saturated rings. The van der Waals surface area contributed by atoms with Crippen LogP contribution in [0.3, 0.4) is 0 Å². The van der Waals surface area contributed by atoms with Crippen molar-refractivity contribution in [2.24, 2.45) is 0 Å². The number of nitrogens with zero attached hydrogens (tertiary/aromatic N) is 1. The number of hydrogen-bond acceptors (Lipinski definition) is 3.